The lowest BCUT2D eigenvalue weighted by atomic mass is 10.3. The smallest absolute Gasteiger partial charge is 0.275 e. The van der Waals surface area contributed by atoms with E-state index in [9.17, 15) is 4.79 Å². The number of thioether (sulfide) groups is 1. The number of hydrogen-bond acceptors (Lipinski definition) is 10. The molecule has 0 atom stereocenters. The number of nitrogens with zero attached hydrogens (tertiary/aromatic N) is 5. The van der Waals surface area contributed by atoms with Crippen LogP contribution in [0.3, 0.4) is 0 Å². The fourth-order valence-electron chi connectivity index (χ4n) is 2.34. The molecule has 4 aromatic rings. The van der Waals surface area contributed by atoms with Crippen molar-refractivity contribution in [3.63, 3.8) is 0 Å². The molecule has 0 spiro atoms. The predicted octanol–water partition coefficient (Wildman–Crippen LogP) is 3.36. The highest BCUT2D eigenvalue weighted by molar-refractivity contribution is 8.00. The van der Waals surface area contributed by atoms with E-state index in [1.54, 1.807) is 7.11 Å². The monoisotopic (exact) mass is 418 g/mol. The van der Waals surface area contributed by atoms with Crippen molar-refractivity contribution in [2.75, 3.05) is 12.4 Å². The summed E-state index contributed by atoms with van der Waals surface area (Å²) in [6.07, 6.45) is 0. The van der Waals surface area contributed by atoms with Crippen molar-refractivity contribution in [1.29, 1.82) is 0 Å². The van der Waals surface area contributed by atoms with Gasteiger partial charge >= 0.3 is 0 Å². The molecule has 3 aromatic heterocycles. The molecule has 0 saturated carbocycles. The fourth-order valence-corrected chi connectivity index (χ4v) is 4.77. The zero-order chi connectivity index (χ0) is 18.8. The first-order chi connectivity index (χ1) is 13.1. The number of fused-ring (bicyclic) bond motifs is 1. The third kappa shape index (κ3) is 3.94. The number of methoxy groups -OCH3 is 1. The standard InChI is InChI=1S/C16H14N6O2S3/c1-9-21-22-13(23)7-10(17-15(22)26-9)8-25-16-20-19-14(27-16)18-11-5-3-4-6-12(11)24-2/h3-7H,8H2,1-2H3,(H,18,19). The molecule has 0 bridgehead atoms. The molecule has 0 fully saturated rings. The maximum absolute atomic E-state index is 12.1. The molecule has 8 nitrogen and oxygen atoms in total. The number of ether oxygens (including phenoxy) is 1. The minimum Gasteiger partial charge on any atom is -0.495 e. The van der Waals surface area contributed by atoms with Crippen LogP contribution in [0.1, 0.15) is 10.7 Å². The predicted molar refractivity (Wildman–Crippen MR) is 108 cm³/mol. The van der Waals surface area contributed by atoms with Gasteiger partial charge in [0, 0.05) is 11.8 Å². The molecule has 3 heterocycles. The van der Waals surface area contributed by atoms with Crippen molar-refractivity contribution in [3.05, 3.63) is 51.4 Å². The normalized spacial score (nSPS) is 11.0. The maximum atomic E-state index is 12.1. The molecule has 11 heteroatoms. The van der Waals surface area contributed by atoms with Gasteiger partial charge in [0.25, 0.3) is 5.56 Å². The summed E-state index contributed by atoms with van der Waals surface area (Å²) in [5.41, 5.74) is 1.35. The summed E-state index contributed by atoms with van der Waals surface area (Å²) in [5, 5.41) is 17.2. The van der Waals surface area contributed by atoms with Crippen molar-refractivity contribution in [3.8, 4) is 5.75 Å². The van der Waals surface area contributed by atoms with Gasteiger partial charge in [0.05, 0.1) is 18.5 Å². The summed E-state index contributed by atoms with van der Waals surface area (Å²) < 4.78 is 7.44. The van der Waals surface area contributed by atoms with Crippen LogP contribution in [0, 0.1) is 6.92 Å². The number of anilines is 2. The molecule has 0 aliphatic rings. The maximum Gasteiger partial charge on any atom is 0.275 e. The number of para-hydroxylation sites is 2. The molecule has 0 amide bonds. The molecule has 1 aromatic carbocycles. The van der Waals surface area contributed by atoms with E-state index >= 15 is 0 Å². The summed E-state index contributed by atoms with van der Waals surface area (Å²) >= 11 is 4.31. The molecular formula is C16H14N6O2S3. The molecule has 1 N–H and O–H groups in total. The number of hydrogen-bond donors (Lipinski definition) is 1. The van der Waals surface area contributed by atoms with Crippen molar-refractivity contribution < 1.29 is 4.74 Å². The number of benzene rings is 1. The first-order valence-corrected chi connectivity index (χ1v) is 10.5. The third-order valence-corrected chi connectivity index (χ3v) is 6.33. The van der Waals surface area contributed by atoms with Crippen LogP contribution < -0.4 is 15.6 Å². The van der Waals surface area contributed by atoms with Crippen molar-refractivity contribution in [1.82, 2.24) is 24.8 Å². The highest BCUT2D eigenvalue weighted by atomic mass is 32.2. The van der Waals surface area contributed by atoms with E-state index in [-0.39, 0.29) is 5.56 Å². The van der Waals surface area contributed by atoms with Crippen LogP contribution >= 0.6 is 34.4 Å². The lowest BCUT2D eigenvalue weighted by Crippen LogP contribution is -2.15. The van der Waals surface area contributed by atoms with Crippen molar-refractivity contribution in [2.45, 2.75) is 17.0 Å². The summed E-state index contributed by atoms with van der Waals surface area (Å²) in [7, 11) is 1.62. The Morgan fingerprint density at radius 3 is 2.96 bits per heavy atom. The van der Waals surface area contributed by atoms with E-state index in [4.69, 9.17) is 4.74 Å². The quantitative estimate of drug-likeness (QED) is 0.477. The van der Waals surface area contributed by atoms with Gasteiger partial charge < -0.3 is 10.1 Å². The average molecular weight is 419 g/mol. The molecule has 0 aliphatic carbocycles. The van der Waals surface area contributed by atoms with Crippen LogP contribution in [0.5, 0.6) is 5.75 Å². The van der Waals surface area contributed by atoms with Gasteiger partial charge in [-0.2, -0.15) is 9.61 Å². The first-order valence-electron chi connectivity index (χ1n) is 7.85. The molecule has 4 rings (SSSR count). The van der Waals surface area contributed by atoms with Gasteiger partial charge in [-0.05, 0) is 19.1 Å². The molecule has 0 unspecified atom stereocenters. The van der Waals surface area contributed by atoms with Crippen LogP contribution in [-0.2, 0) is 5.75 Å². The van der Waals surface area contributed by atoms with E-state index in [0.29, 0.717) is 21.5 Å². The van der Waals surface area contributed by atoms with Gasteiger partial charge in [0.15, 0.2) is 4.34 Å². The van der Waals surface area contributed by atoms with Crippen molar-refractivity contribution in [2.24, 2.45) is 0 Å². The minimum atomic E-state index is -0.171. The zero-order valence-electron chi connectivity index (χ0n) is 14.4. The fraction of sp³-hybridized carbons (Fsp3) is 0.188. The Morgan fingerprint density at radius 1 is 1.26 bits per heavy atom. The first kappa shape index (κ1) is 17.9. The highest BCUT2D eigenvalue weighted by Crippen LogP contribution is 2.32. The van der Waals surface area contributed by atoms with E-state index in [2.05, 4.69) is 25.6 Å². The number of aromatic nitrogens is 5. The Labute approximate surface area is 166 Å². The second-order valence-corrected chi connectivity index (χ2v) is 8.75. The van der Waals surface area contributed by atoms with E-state index in [1.807, 2.05) is 31.2 Å². The van der Waals surface area contributed by atoms with Crippen molar-refractivity contribution >= 4 is 50.2 Å². The van der Waals surface area contributed by atoms with Crippen LogP contribution in [0.25, 0.3) is 4.96 Å². The summed E-state index contributed by atoms with van der Waals surface area (Å²) in [5.74, 6) is 1.27. The largest absolute Gasteiger partial charge is 0.495 e. The van der Waals surface area contributed by atoms with Gasteiger partial charge in [0.1, 0.15) is 10.8 Å². The molecule has 0 radical (unpaired) electrons. The van der Waals surface area contributed by atoms with Crippen LogP contribution in [0.15, 0.2) is 39.5 Å². The molecule has 27 heavy (non-hydrogen) atoms. The highest BCUT2D eigenvalue weighted by Gasteiger charge is 2.11. The van der Waals surface area contributed by atoms with Crippen LogP contribution in [-0.4, -0.2) is 31.9 Å². The SMILES string of the molecule is COc1ccccc1Nc1nnc(SCc2cc(=O)n3nc(C)sc3n2)s1. The molecule has 0 aliphatic heterocycles. The Balaban J connectivity index is 1.46. The lowest BCUT2D eigenvalue weighted by molar-refractivity contribution is 0.417. The number of aryl methyl sites for hydroxylation is 1. The topological polar surface area (TPSA) is 94.3 Å². The van der Waals surface area contributed by atoms with E-state index in [1.165, 1.54) is 45.0 Å². The molecular weight excluding hydrogens is 404 g/mol. The average Bonchev–Trinajstić information content (AvgIpc) is 3.26. The Morgan fingerprint density at radius 2 is 2.11 bits per heavy atom. The summed E-state index contributed by atoms with van der Waals surface area (Å²) in [6.45, 7) is 1.85. The van der Waals surface area contributed by atoms with Gasteiger partial charge in [-0.15, -0.1) is 10.2 Å². The van der Waals surface area contributed by atoms with Gasteiger partial charge in [-0.1, -0.05) is 46.6 Å². The zero-order valence-corrected chi connectivity index (χ0v) is 16.8. The Hall–Kier alpha value is -2.50. The van der Waals surface area contributed by atoms with E-state index in [0.717, 1.165) is 20.8 Å². The minimum absolute atomic E-state index is 0.171. The number of rotatable bonds is 6. The van der Waals surface area contributed by atoms with Gasteiger partial charge in [-0.25, -0.2) is 4.98 Å². The van der Waals surface area contributed by atoms with Gasteiger partial charge in [-0.3, -0.25) is 4.79 Å². The Kier molecular flexibility index (Phi) is 5.05. The van der Waals surface area contributed by atoms with Crippen LogP contribution in [0.4, 0.5) is 10.8 Å². The lowest BCUT2D eigenvalue weighted by Gasteiger charge is -2.07. The van der Waals surface area contributed by atoms with E-state index < -0.39 is 0 Å². The third-order valence-electron chi connectivity index (χ3n) is 3.50. The second-order valence-electron chi connectivity index (χ2n) is 5.39. The summed E-state index contributed by atoms with van der Waals surface area (Å²) in [6, 6.07) is 9.12. The Bertz CT molecular complexity index is 1150. The molecule has 0 saturated heterocycles. The van der Waals surface area contributed by atoms with Gasteiger partial charge in [0.2, 0.25) is 10.1 Å². The second kappa shape index (κ2) is 7.62. The number of nitrogens with one attached hydrogen (secondary N) is 1. The van der Waals surface area contributed by atoms with Crippen LogP contribution in [0.2, 0.25) is 0 Å². The molecule has 138 valence electrons. The summed E-state index contributed by atoms with van der Waals surface area (Å²) in [4.78, 5) is 17.2.